The first-order valence-corrected chi connectivity index (χ1v) is 10.9. The van der Waals surface area contributed by atoms with Crippen molar-refractivity contribution < 1.29 is 4.74 Å². The molecule has 0 amide bonds. The lowest BCUT2D eigenvalue weighted by molar-refractivity contribution is 0.335. The van der Waals surface area contributed by atoms with Crippen LogP contribution in [-0.2, 0) is 0 Å². The molecule has 1 heterocycles. The molecule has 0 spiro atoms. The number of para-hydroxylation sites is 1. The lowest BCUT2D eigenvalue weighted by atomic mass is 9.96. The van der Waals surface area contributed by atoms with Crippen LogP contribution in [0.5, 0.6) is 5.75 Å². The average Bonchev–Trinajstić information content (AvgIpc) is 2.79. The third-order valence-corrected chi connectivity index (χ3v) is 5.40. The predicted octanol–water partition coefficient (Wildman–Crippen LogP) is 5.78. The summed E-state index contributed by atoms with van der Waals surface area (Å²) < 4.78 is 7.29. The highest BCUT2D eigenvalue weighted by Gasteiger charge is 2.18. The van der Waals surface area contributed by atoms with Crippen LogP contribution < -0.4 is 10.3 Å². The van der Waals surface area contributed by atoms with Gasteiger partial charge in [-0.15, -0.1) is 0 Å². The second-order valence-corrected chi connectivity index (χ2v) is 8.02. The van der Waals surface area contributed by atoms with Gasteiger partial charge < -0.3 is 4.74 Å². The highest BCUT2D eigenvalue weighted by molar-refractivity contribution is 5.82. The molecule has 0 fully saturated rings. The standard InChI is InChI=1S/C27H27N3O2/c1-5-32-25-15-19(4)23(16-22(25)18(2)3)26-29-24-14-10-9-13-21(24)27(31)30(26)28-17-20-11-7-6-8-12-20/h6-18H,5H2,1-4H3. The van der Waals surface area contributed by atoms with Crippen LogP contribution in [0.2, 0.25) is 0 Å². The van der Waals surface area contributed by atoms with Gasteiger partial charge in [0.2, 0.25) is 0 Å². The Bertz CT molecular complexity index is 1340. The second-order valence-electron chi connectivity index (χ2n) is 8.02. The number of aromatic nitrogens is 2. The Hall–Kier alpha value is -3.73. The first-order valence-electron chi connectivity index (χ1n) is 10.9. The maximum Gasteiger partial charge on any atom is 0.282 e. The number of aryl methyl sites for hydroxylation is 1. The zero-order chi connectivity index (χ0) is 22.7. The fourth-order valence-corrected chi connectivity index (χ4v) is 3.74. The van der Waals surface area contributed by atoms with Crippen LogP contribution in [0.4, 0.5) is 0 Å². The van der Waals surface area contributed by atoms with Crippen molar-refractivity contribution in [3.05, 3.63) is 93.8 Å². The maximum absolute atomic E-state index is 13.4. The van der Waals surface area contributed by atoms with Gasteiger partial charge in [-0.1, -0.05) is 56.3 Å². The van der Waals surface area contributed by atoms with Crippen molar-refractivity contribution in [3.8, 4) is 17.1 Å². The number of hydrogen-bond donors (Lipinski definition) is 0. The fourth-order valence-electron chi connectivity index (χ4n) is 3.74. The summed E-state index contributed by atoms with van der Waals surface area (Å²) in [5.41, 5.74) is 4.28. The molecule has 3 aromatic carbocycles. The van der Waals surface area contributed by atoms with Gasteiger partial charge in [0.05, 0.1) is 23.7 Å². The van der Waals surface area contributed by atoms with Crippen LogP contribution in [0.15, 0.2) is 76.6 Å². The molecule has 4 rings (SSSR count). The van der Waals surface area contributed by atoms with E-state index in [1.807, 2.05) is 68.4 Å². The minimum Gasteiger partial charge on any atom is -0.494 e. The van der Waals surface area contributed by atoms with E-state index in [-0.39, 0.29) is 11.5 Å². The van der Waals surface area contributed by atoms with Gasteiger partial charge >= 0.3 is 0 Å². The molecule has 0 radical (unpaired) electrons. The van der Waals surface area contributed by atoms with E-state index in [1.54, 1.807) is 12.3 Å². The molecule has 1 aromatic heterocycles. The summed E-state index contributed by atoms with van der Waals surface area (Å²) in [6.07, 6.45) is 1.69. The van der Waals surface area contributed by atoms with Gasteiger partial charge in [0, 0.05) is 5.56 Å². The highest BCUT2D eigenvalue weighted by Crippen LogP contribution is 2.34. The molecule has 5 heteroatoms. The van der Waals surface area contributed by atoms with Crippen LogP contribution in [0.25, 0.3) is 22.3 Å². The van der Waals surface area contributed by atoms with E-state index in [0.717, 1.165) is 28.0 Å². The molecule has 162 valence electrons. The summed E-state index contributed by atoms with van der Waals surface area (Å²) >= 11 is 0. The minimum absolute atomic E-state index is 0.197. The van der Waals surface area contributed by atoms with Crippen LogP contribution in [-0.4, -0.2) is 22.5 Å². The second kappa shape index (κ2) is 9.18. The van der Waals surface area contributed by atoms with Crippen molar-refractivity contribution in [2.45, 2.75) is 33.6 Å². The summed E-state index contributed by atoms with van der Waals surface area (Å²) in [7, 11) is 0. The SMILES string of the molecule is CCOc1cc(C)c(-c2nc3ccccc3c(=O)n2N=Cc2ccccc2)cc1C(C)C. The Kier molecular flexibility index (Phi) is 6.17. The monoisotopic (exact) mass is 425 g/mol. The van der Waals surface area contributed by atoms with Gasteiger partial charge in [-0.3, -0.25) is 4.79 Å². The largest absolute Gasteiger partial charge is 0.494 e. The average molecular weight is 426 g/mol. The minimum atomic E-state index is -0.197. The Morgan fingerprint density at radius 3 is 2.50 bits per heavy atom. The number of fused-ring (bicyclic) bond motifs is 1. The third kappa shape index (κ3) is 4.19. The van der Waals surface area contributed by atoms with Crippen molar-refractivity contribution in [1.82, 2.24) is 9.66 Å². The molecular formula is C27H27N3O2. The third-order valence-electron chi connectivity index (χ3n) is 5.40. The van der Waals surface area contributed by atoms with E-state index in [4.69, 9.17) is 9.72 Å². The number of nitrogens with zero attached hydrogens (tertiary/aromatic N) is 3. The normalized spacial score (nSPS) is 11.5. The van der Waals surface area contributed by atoms with Crippen molar-refractivity contribution in [2.24, 2.45) is 5.10 Å². The molecule has 0 aliphatic heterocycles. The van der Waals surface area contributed by atoms with Crippen LogP contribution in [0.1, 0.15) is 43.4 Å². The summed E-state index contributed by atoms with van der Waals surface area (Å²) in [5, 5.41) is 5.10. The number of rotatable bonds is 6. The van der Waals surface area contributed by atoms with E-state index in [2.05, 4.69) is 25.0 Å². The highest BCUT2D eigenvalue weighted by atomic mass is 16.5. The Labute approximate surface area is 188 Å². The molecule has 0 saturated heterocycles. The van der Waals surface area contributed by atoms with E-state index < -0.39 is 0 Å². The lowest BCUT2D eigenvalue weighted by Gasteiger charge is -2.18. The molecule has 4 aromatic rings. The van der Waals surface area contributed by atoms with Crippen molar-refractivity contribution >= 4 is 17.1 Å². The fraction of sp³-hybridized carbons (Fsp3) is 0.222. The van der Waals surface area contributed by atoms with Crippen LogP contribution in [0, 0.1) is 6.92 Å². The van der Waals surface area contributed by atoms with E-state index >= 15 is 0 Å². The lowest BCUT2D eigenvalue weighted by Crippen LogP contribution is -2.20. The molecule has 0 aliphatic carbocycles. The Morgan fingerprint density at radius 2 is 1.78 bits per heavy atom. The number of hydrogen-bond acceptors (Lipinski definition) is 4. The zero-order valence-electron chi connectivity index (χ0n) is 18.9. The zero-order valence-corrected chi connectivity index (χ0v) is 18.9. The molecule has 5 nitrogen and oxygen atoms in total. The smallest absolute Gasteiger partial charge is 0.282 e. The summed E-state index contributed by atoms with van der Waals surface area (Å²) in [4.78, 5) is 18.3. The molecule has 0 aliphatic rings. The van der Waals surface area contributed by atoms with E-state index in [9.17, 15) is 4.79 Å². The number of benzene rings is 3. The van der Waals surface area contributed by atoms with Crippen molar-refractivity contribution in [3.63, 3.8) is 0 Å². The van der Waals surface area contributed by atoms with Gasteiger partial charge in [-0.2, -0.15) is 9.78 Å². The van der Waals surface area contributed by atoms with Crippen LogP contribution in [0.3, 0.4) is 0 Å². The predicted molar refractivity (Wildman–Crippen MR) is 131 cm³/mol. The molecular weight excluding hydrogens is 398 g/mol. The molecule has 0 saturated carbocycles. The van der Waals surface area contributed by atoms with Crippen molar-refractivity contribution in [1.29, 1.82) is 0 Å². The topological polar surface area (TPSA) is 56.5 Å². The maximum atomic E-state index is 13.4. The van der Waals surface area contributed by atoms with Gasteiger partial charge in [0.1, 0.15) is 5.75 Å². The molecule has 0 N–H and O–H groups in total. The van der Waals surface area contributed by atoms with Gasteiger partial charge in [-0.25, -0.2) is 4.98 Å². The molecule has 0 unspecified atom stereocenters. The van der Waals surface area contributed by atoms with Gasteiger partial charge in [0.15, 0.2) is 5.82 Å². The van der Waals surface area contributed by atoms with Crippen LogP contribution >= 0.6 is 0 Å². The van der Waals surface area contributed by atoms with Crippen molar-refractivity contribution in [2.75, 3.05) is 6.61 Å². The van der Waals surface area contributed by atoms with Gasteiger partial charge in [0.25, 0.3) is 5.56 Å². The van der Waals surface area contributed by atoms with E-state index in [1.165, 1.54) is 4.68 Å². The Balaban J connectivity index is 1.99. The number of ether oxygens (including phenoxy) is 1. The summed E-state index contributed by atoms with van der Waals surface area (Å²) in [6.45, 7) is 8.85. The first-order chi connectivity index (χ1) is 15.5. The Morgan fingerprint density at radius 1 is 1.06 bits per heavy atom. The summed E-state index contributed by atoms with van der Waals surface area (Å²) in [6, 6.07) is 21.2. The van der Waals surface area contributed by atoms with E-state index in [0.29, 0.717) is 23.3 Å². The first kappa shape index (κ1) is 21.5. The summed E-state index contributed by atoms with van der Waals surface area (Å²) in [5.74, 6) is 1.64. The molecule has 32 heavy (non-hydrogen) atoms. The van der Waals surface area contributed by atoms with Gasteiger partial charge in [-0.05, 0) is 60.7 Å². The molecule has 0 atom stereocenters. The quantitative estimate of drug-likeness (QED) is 0.368. The molecule has 0 bridgehead atoms.